The summed E-state index contributed by atoms with van der Waals surface area (Å²) < 4.78 is 26.8. The van der Waals surface area contributed by atoms with Crippen LogP contribution in [0.15, 0.2) is 53.8 Å². The lowest BCUT2D eigenvalue weighted by Gasteiger charge is -2.16. The van der Waals surface area contributed by atoms with E-state index in [2.05, 4.69) is 25.8 Å². The highest BCUT2D eigenvalue weighted by Crippen LogP contribution is 2.21. The van der Waals surface area contributed by atoms with Crippen LogP contribution in [-0.2, 0) is 10.0 Å². The van der Waals surface area contributed by atoms with Gasteiger partial charge in [-0.1, -0.05) is 6.07 Å². The average molecular weight is 426 g/mol. The van der Waals surface area contributed by atoms with Gasteiger partial charge in [0.2, 0.25) is 10.0 Å². The van der Waals surface area contributed by atoms with Crippen LogP contribution >= 0.6 is 0 Å². The van der Waals surface area contributed by atoms with Crippen LogP contribution in [0, 0.1) is 0 Å². The zero-order valence-electron chi connectivity index (χ0n) is 15.8. The highest BCUT2D eigenvalue weighted by atomic mass is 32.2. The molecule has 0 spiro atoms. The molecule has 0 aliphatic carbocycles. The first-order valence-electron chi connectivity index (χ1n) is 9.23. The van der Waals surface area contributed by atoms with E-state index in [9.17, 15) is 18.0 Å². The summed E-state index contributed by atoms with van der Waals surface area (Å²) in [6.45, 7) is 0.942. The Morgan fingerprint density at radius 2 is 1.60 bits per heavy atom. The molecule has 3 heterocycles. The standard InChI is InChI=1S/C19H18N6O4S/c26-18(13-4-3-5-15(10-13)30(28,29)25-8-1-2-9-25)23-24-19(27)14-11-16-17(22-12-14)21-7-6-20-16/h3-7,10-12H,1-2,8-9H2,(H,23,26)(H,24,27). The van der Waals surface area contributed by atoms with Crippen molar-refractivity contribution >= 4 is 33.0 Å². The van der Waals surface area contributed by atoms with Crippen LogP contribution in [0.5, 0.6) is 0 Å². The minimum absolute atomic E-state index is 0.0423. The SMILES string of the molecule is O=C(NNC(=O)c1cnc2nccnc2c1)c1cccc(S(=O)(=O)N2CCCC2)c1. The highest BCUT2D eigenvalue weighted by Gasteiger charge is 2.27. The summed E-state index contributed by atoms with van der Waals surface area (Å²) in [4.78, 5) is 36.9. The molecule has 10 nitrogen and oxygen atoms in total. The smallest absolute Gasteiger partial charge is 0.267 e. The summed E-state index contributed by atoms with van der Waals surface area (Å²) in [5.74, 6) is -1.24. The van der Waals surface area contributed by atoms with Crippen LogP contribution in [0.25, 0.3) is 11.2 Å². The van der Waals surface area contributed by atoms with Crippen molar-refractivity contribution in [1.29, 1.82) is 0 Å². The first kappa shape index (κ1) is 19.9. The molecule has 1 fully saturated rings. The summed E-state index contributed by atoms with van der Waals surface area (Å²) in [6, 6.07) is 7.20. The number of rotatable bonds is 4. The number of nitrogens with one attached hydrogen (secondary N) is 2. The molecular formula is C19H18N6O4S. The van der Waals surface area contributed by atoms with Crippen molar-refractivity contribution in [2.45, 2.75) is 17.7 Å². The van der Waals surface area contributed by atoms with Crippen LogP contribution in [0.4, 0.5) is 0 Å². The van der Waals surface area contributed by atoms with Gasteiger partial charge in [-0.25, -0.2) is 18.4 Å². The first-order valence-corrected chi connectivity index (χ1v) is 10.7. The number of fused-ring (bicyclic) bond motifs is 1. The molecule has 0 saturated carbocycles. The molecule has 11 heteroatoms. The third kappa shape index (κ3) is 3.98. The zero-order chi connectivity index (χ0) is 21.1. The van der Waals surface area contributed by atoms with Crippen molar-refractivity contribution in [2.75, 3.05) is 13.1 Å². The molecule has 1 aliphatic rings. The molecule has 1 aromatic carbocycles. The van der Waals surface area contributed by atoms with Gasteiger partial charge in [0.1, 0.15) is 5.52 Å². The number of hydrogen-bond donors (Lipinski definition) is 2. The van der Waals surface area contributed by atoms with Crippen LogP contribution in [0.1, 0.15) is 33.6 Å². The van der Waals surface area contributed by atoms with Crippen LogP contribution < -0.4 is 10.9 Å². The summed E-state index contributed by atoms with van der Waals surface area (Å²) >= 11 is 0. The van der Waals surface area contributed by atoms with Gasteiger partial charge in [-0.05, 0) is 37.1 Å². The van der Waals surface area contributed by atoms with Gasteiger partial charge in [0.05, 0.1) is 10.5 Å². The Balaban J connectivity index is 1.45. The Bertz CT molecular complexity index is 1220. The molecule has 1 aliphatic heterocycles. The molecule has 2 N–H and O–H groups in total. The molecule has 0 bridgehead atoms. The van der Waals surface area contributed by atoms with Crippen molar-refractivity contribution in [3.8, 4) is 0 Å². The van der Waals surface area contributed by atoms with E-state index < -0.39 is 21.8 Å². The molecule has 2 aromatic heterocycles. The number of carbonyl (C=O) groups excluding carboxylic acids is 2. The van der Waals surface area contributed by atoms with Gasteiger partial charge in [0.25, 0.3) is 11.8 Å². The van der Waals surface area contributed by atoms with Crippen molar-refractivity contribution in [1.82, 2.24) is 30.1 Å². The lowest BCUT2D eigenvalue weighted by atomic mass is 10.2. The summed E-state index contributed by atoms with van der Waals surface area (Å²) in [6.07, 6.45) is 5.94. The number of aromatic nitrogens is 3. The maximum Gasteiger partial charge on any atom is 0.271 e. The Morgan fingerprint density at radius 1 is 0.900 bits per heavy atom. The van der Waals surface area contributed by atoms with E-state index in [1.165, 1.54) is 53.2 Å². The van der Waals surface area contributed by atoms with Gasteiger partial charge in [-0.2, -0.15) is 4.31 Å². The highest BCUT2D eigenvalue weighted by molar-refractivity contribution is 7.89. The Morgan fingerprint density at radius 3 is 2.37 bits per heavy atom. The van der Waals surface area contributed by atoms with E-state index >= 15 is 0 Å². The Hall–Kier alpha value is -3.44. The fourth-order valence-corrected chi connectivity index (χ4v) is 4.68. The van der Waals surface area contributed by atoms with Gasteiger partial charge in [0.15, 0.2) is 5.65 Å². The summed E-state index contributed by atoms with van der Waals surface area (Å²) in [5, 5.41) is 0. The molecule has 4 rings (SSSR count). The fourth-order valence-electron chi connectivity index (χ4n) is 3.12. The molecule has 30 heavy (non-hydrogen) atoms. The maximum atomic E-state index is 12.7. The molecule has 0 radical (unpaired) electrons. The monoisotopic (exact) mass is 426 g/mol. The van der Waals surface area contributed by atoms with E-state index in [1.807, 2.05) is 0 Å². The van der Waals surface area contributed by atoms with E-state index in [0.29, 0.717) is 24.3 Å². The lowest BCUT2D eigenvalue weighted by molar-refractivity contribution is 0.0846. The van der Waals surface area contributed by atoms with Gasteiger partial charge >= 0.3 is 0 Å². The van der Waals surface area contributed by atoms with Gasteiger partial charge < -0.3 is 0 Å². The third-order valence-electron chi connectivity index (χ3n) is 4.68. The number of pyridine rings is 1. The second-order valence-electron chi connectivity index (χ2n) is 6.67. The third-order valence-corrected chi connectivity index (χ3v) is 6.57. The van der Waals surface area contributed by atoms with Crippen LogP contribution in [0.2, 0.25) is 0 Å². The number of hydrazine groups is 1. The van der Waals surface area contributed by atoms with E-state index in [-0.39, 0.29) is 16.0 Å². The van der Waals surface area contributed by atoms with E-state index in [0.717, 1.165) is 12.8 Å². The van der Waals surface area contributed by atoms with Crippen LogP contribution in [-0.4, -0.2) is 52.6 Å². The number of benzene rings is 1. The number of sulfonamides is 1. The number of nitrogens with zero attached hydrogens (tertiary/aromatic N) is 4. The Labute approximate surface area is 172 Å². The number of hydrogen-bond acceptors (Lipinski definition) is 7. The molecule has 0 atom stereocenters. The topological polar surface area (TPSA) is 134 Å². The predicted octanol–water partition coefficient (Wildman–Crippen LogP) is 0.884. The number of carbonyl (C=O) groups is 2. The fraction of sp³-hybridized carbons (Fsp3) is 0.211. The quantitative estimate of drug-likeness (QED) is 0.592. The van der Waals surface area contributed by atoms with Crippen molar-refractivity contribution in [2.24, 2.45) is 0 Å². The van der Waals surface area contributed by atoms with Crippen LogP contribution in [0.3, 0.4) is 0 Å². The minimum atomic E-state index is -3.64. The normalized spacial score (nSPS) is 14.5. The largest absolute Gasteiger partial charge is 0.271 e. The second-order valence-corrected chi connectivity index (χ2v) is 8.61. The van der Waals surface area contributed by atoms with Crippen molar-refractivity contribution < 1.29 is 18.0 Å². The summed E-state index contributed by atoms with van der Waals surface area (Å²) in [7, 11) is -3.64. The molecule has 2 amide bonds. The van der Waals surface area contributed by atoms with Crippen molar-refractivity contribution in [3.63, 3.8) is 0 Å². The molecular weight excluding hydrogens is 408 g/mol. The summed E-state index contributed by atoms with van der Waals surface area (Å²) in [5.41, 5.74) is 5.71. The number of amides is 2. The molecule has 154 valence electrons. The molecule has 1 saturated heterocycles. The van der Waals surface area contributed by atoms with E-state index in [1.54, 1.807) is 0 Å². The maximum absolute atomic E-state index is 12.7. The first-order chi connectivity index (χ1) is 14.4. The second kappa shape index (κ2) is 8.13. The minimum Gasteiger partial charge on any atom is -0.267 e. The van der Waals surface area contributed by atoms with Gasteiger partial charge in [-0.3, -0.25) is 25.4 Å². The Kier molecular flexibility index (Phi) is 5.38. The van der Waals surface area contributed by atoms with Gasteiger partial charge in [-0.15, -0.1) is 0 Å². The van der Waals surface area contributed by atoms with Crippen molar-refractivity contribution in [3.05, 3.63) is 60.0 Å². The zero-order valence-corrected chi connectivity index (χ0v) is 16.6. The molecule has 0 unspecified atom stereocenters. The molecule has 3 aromatic rings. The predicted molar refractivity (Wildman–Crippen MR) is 107 cm³/mol. The average Bonchev–Trinajstić information content (AvgIpc) is 3.33. The lowest BCUT2D eigenvalue weighted by Crippen LogP contribution is -2.41. The van der Waals surface area contributed by atoms with E-state index in [4.69, 9.17) is 0 Å². The van der Waals surface area contributed by atoms with Gasteiger partial charge in [0, 0.05) is 37.2 Å².